The summed E-state index contributed by atoms with van der Waals surface area (Å²) in [5.74, 6) is -1.28. The highest BCUT2D eigenvalue weighted by Crippen LogP contribution is 2.55. The average molecular weight is 429 g/mol. The number of hydrogen-bond acceptors (Lipinski definition) is 3. The zero-order chi connectivity index (χ0) is 20.9. The van der Waals surface area contributed by atoms with Gasteiger partial charge in [-0.2, -0.15) is 0 Å². The van der Waals surface area contributed by atoms with Gasteiger partial charge < -0.3 is 9.80 Å². The van der Waals surface area contributed by atoms with E-state index in [-0.39, 0.29) is 24.3 Å². The highest BCUT2D eigenvalue weighted by molar-refractivity contribution is 8.01. The number of rotatable bonds is 3. The molecule has 0 aromatic heterocycles. The van der Waals surface area contributed by atoms with Crippen LogP contribution in [0.4, 0.5) is 14.5 Å². The molecule has 30 heavy (non-hydrogen) atoms. The van der Waals surface area contributed by atoms with Gasteiger partial charge in [0.15, 0.2) is 16.5 Å². The molecule has 2 amide bonds. The molecule has 1 atom stereocenters. The lowest BCUT2D eigenvalue weighted by atomic mass is 10.0. The van der Waals surface area contributed by atoms with Gasteiger partial charge in [0.1, 0.15) is 0 Å². The lowest BCUT2D eigenvalue weighted by Crippen LogP contribution is -2.51. The molecule has 7 heteroatoms. The SMILES string of the molecule is O=C(C1CCCC1)N1CCS[C@@]12C(=O)N(Cc1ccc(F)c(F)c1)c1ccccc12. The minimum absolute atomic E-state index is 0.0132. The number of nitrogens with zero attached hydrogens (tertiary/aromatic N) is 2. The second-order valence-electron chi connectivity index (χ2n) is 8.12. The van der Waals surface area contributed by atoms with Crippen LogP contribution in [0.15, 0.2) is 42.5 Å². The van der Waals surface area contributed by atoms with Crippen molar-refractivity contribution in [1.29, 1.82) is 0 Å². The molecule has 1 saturated heterocycles. The van der Waals surface area contributed by atoms with Crippen LogP contribution in [-0.4, -0.2) is 29.0 Å². The van der Waals surface area contributed by atoms with Crippen molar-refractivity contribution in [3.05, 3.63) is 65.2 Å². The summed E-state index contributed by atoms with van der Waals surface area (Å²) in [6, 6.07) is 11.2. The molecule has 2 heterocycles. The summed E-state index contributed by atoms with van der Waals surface area (Å²) in [5.41, 5.74) is 2.04. The van der Waals surface area contributed by atoms with E-state index in [2.05, 4.69) is 0 Å². The third-order valence-electron chi connectivity index (χ3n) is 6.40. The number of halogens is 2. The Balaban J connectivity index is 1.54. The molecule has 0 radical (unpaired) electrons. The van der Waals surface area contributed by atoms with Crippen molar-refractivity contribution in [2.75, 3.05) is 17.2 Å². The Hall–Kier alpha value is -2.41. The monoisotopic (exact) mass is 428 g/mol. The maximum absolute atomic E-state index is 13.8. The number of thioether (sulfide) groups is 1. The highest BCUT2D eigenvalue weighted by atomic mass is 32.2. The van der Waals surface area contributed by atoms with Crippen LogP contribution in [0.2, 0.25) is 0 Å². The zero-order valence-corrected chi connectivity index (χ0v) is 17.3. The first-order chi connectivity index (χ1) is 14.5. The molecule has 3 aliphatic rings. The molecular formula is C23H22F2N2O2S. The van der Waals surface area contributed by atoms with Crippen LogP contribution in [-0.2, 0) is 21.0 Å². The molecule has 4 nitrogen and oxygen atoms in total. The lowest BCUT2D eigenvalue weighted by molar-refractivity contribution is -0.143. The number of carbonyl (C=O) groups is 2. The van der Waals surface area contributed by atoms with Crippen molar-refractivity contribution in [2.45, 2.75) is 37.1 Å². The Morgan fingerprint density at radius 2 is 1.87 bits per heavy atom. The Kier molecular flexibility index (Phi) is 4.81. The van der Waals surface area contributed by atoms with Gasteiger partial charge in [-0.1, -0.05) is 37.1 Å². The maximum atomic E-state index is 13.8. The molecule has 1 aliphatic carbocycles. The van der Waals surface area contributed by atoms with Crippen LogP contribution < -0.4 is 4.90 Å². The number of benzene rings is 2. The van der Waals surface area contributed by atoms with Gasteiger partial charge in [0, 0.05) is 23.8 Å². The van der Waals surface area contributed by atoms with Crippen molar-refractivity contribution in [3.63, 3.8) is 0 Å². The van der Waals surface area contributed by atoms with E-state index in [0.717, 1.165) is 49.1 Å². The van der Waals surface area contributed by atoms with Gasteiger partial charge in [-0.3, -0.25) is 9.59 Å². The highest BCUT2D eigenvalue weighted by Gasteiger charge is 2.59. The molecule has 1 spiro atoms. The lowest BCUT2D eigenvalue weighted by Gasteiger charge is -2.34. The average Bonchev–Trinajstić information content (AvgIpc) is 3.48. The van der Waals surface area contributed by atoms with Gasteiger partial charge in [-0.05, 0) is 36.6 Å². The van der Waals surface area contributed by atoms with Crippen molar-refractivity contribution in [3.8, 4) is 0 Å². The molecule has 1 saturated carbocycles. The van der Waals surface area contributed by atoms with Crippen molar-refractivity contribution < 1.29 is 18.4 Å². The number of amides is 2. The van der Waals surface area contributed by atoms with E-state index in [1.807, 2.05) is 24.3 Å². The second kappa shape index (κ2) is 7.38. The predicted octanol–water partition coefficient (Wildman–Crippen LogP) is 4.43. The van der Waals surface area contributed by atoms with E-state index < -0.39 is 16.5 Å². The van der Waals surface area contributed by atoms with E-state index in [0.29, 0.717) is 17.9 Å². The summed E-state index contributed by atoms with van der Waals surface area (Å²) in [6.07, 6.45) is 3.86. The van der Waals surface area contributed by atoms with Gasteiger partial charge in [-0.15, -0.1) is 11.8 Å². The normalized spacial score (nSPS) is 23.6. The van der Waals surface area contributed by atoms with Gasteiger partial charge in [-0.25, -0.2) is 8.78 Å². The first kappa shape index (κ1) is 19.5. The van der Waals surface area contributed by atoms with Crippen LogP contribution in [0.5, 0.6) is 0 Å². The van der Waals surface area contributed by atoms with Crippen LogP contribution in [0.25, 0.3) is 0 Å². The quantitative estimate of drug-likeness (QED) is 0.726. The van der Waals surface area contributed by atoms with Crippen molar-refractivity contribution >= 4 is 29.3 Å². The minimum Gasteiger partial charge on any atom is -0.315 e. The van der Waals surface area contributed by atoms with E-state index in [1.54, 1.807) is 9.80 Å². The molecule has 156 valence electrons. The number of hydrogen-bond donors (Lipinski definition) is 0. The Morgan fingerprint density at radius 1 is 1.10 bits per heavy atom. The molecule has 0 bridgehead atoms. The van der Waals surface area contributed by atoms with E-state index in [1.165, 1.54) is 17.8 Å². The fourth-order valence-corrected chi connectivity index (χ4v) is 6.43. The summed E-state index contributed by atoms with van der Waals surface area (Å²) >= 11 is 1.50. The van der Waals surface area contributed by atoms with Crippen molar-refractivity contribution in [1.82, 2.24) is 4.90 Å². The molecule has 2 fully saturated rings. The Bertz CT molecular complexity index is 1020. The summed E-state index contributed by atoms with van der Waals surface area (Å²) in [7, 11) is 0. The second-order valence-corrected chi connectivity index (χ2v) is 9.41. The number of anilines is 1. The van der Waals surface area contributed by atoms with Gasteiger partial charge >= 0.3 is 0 Å². The smallest absolute Gasteiger partial charge is 0.268 e. The van der Waals surface area contributed by atoms with Crippen LogP contribution in [0.1, 0.15) is 36.8 Å². The first-order valence-corrected chi connectivity index (χ1v) is 11.3. The maximum Gasteiger partial charge on any atom is 0.268 e. The standard InChI is InChI=1S/C23H22F2N2O2S/c24-18-10-9-15(13-19(18)25)14-26-20-8-4-3-7-17(20)23(22(26)29)27(11-12-30-23)21(28)16-5-1-2-6-16/h3-4,7-10,13,16H,1-2,5-6,11-12,14H2/t23-/m0/s1. The third kappa shape index (κ3) is 2.86. The molecule has 0 N–H and O–H groups in total. The minimum atomic E-state index is -1.06. The molecular weight excluding hydrogens is 406 g/mol. The number of carbonyl (C=O) groups excluding carboxylic acids is 2. The summed E-state index contributed by atoms with van der Waals surface area (Å²) < 4.78 is 27.1. The first-order valence-electron chi connectivity index (χ1n) is 10.3. The molecule has 2 aromatic rings. The van der Waals surface area contributed by atoms with E-state index >= 15 is 0 Å². The van der Waals surface area contributed by atoms with Gasteiger partial charge in [0.25, 0.3) is 5.91 Å². The third-order valence-corrected chi connectivity index (χ3v) is 7.82. The summed E-state index contributed by atoms with van der Waals surface area (Å²) in [4.78, 5) is 29.5. The molecule has 5 rings (SSSR count). The van der Waals surface area contributed by atoms with Crippen molar-refractivity contribution in [2.24, 2.45) is 5.92 Å². The molecule has 2 aliphatic heterocycles. The summed E-state index contributed by atoms with van der Waals surface area (Å²) in [5, 5.41) is 0. The van der Waals surface area contributed by atoms with E-state index in [4.69, 9.17) is 0 Å². The number of para-hydroxylation sites is 1. The molecule has 2 aromatic carbocycles. The van der Waals surface area contributed by atoms with Crippen LogP contribution in [0, 0.1) is 17.6 Å². The largest absolute Gasteiger partial charge is 0.315 e. The van der Waals surface area contributed by atoms with Crippen LogP contribution >= 0.6 is 11.8 Å². The van der Waals surface area contributed by atoms with E-state index in [9.17, 15) is 18.4 Å². The topological polar surface area (TPSA) is 40.6 Å². The van der Waals surface area contributed by atoms with Gasteiger partial charge in [0.2, 0.25) is 5.91 Å². The fourth-order valence-electron chi connectivity index (χ4n) is 4.96. The molecule has 0 unspecified atom stereocenters. The summed E-state index contributed by atoms with van der Waals surface area (Å²) in [6.45, 7) is 0.667. The zero-order valence-electron chi connectivity index (χ0n) is 16.4. The van der Waals surface area contributed by atoms with Gasteiger partial charge in [0.05, 0.1) is 12.2 Å². The Labute approximate surface area is 178 Å². The predicted molar refractivity (Wildman–Crippen MR) is 112 cm³/mol. The number of fused-ring (bicyclic) bond motifs is 2. The van der Waals surface area contributed by atoms with Crippen LogP contribution in [0.3, 0.4) is 0 Å². The fraction of sp³-hybridized carbons (Fsp3) is 0.391. The Morgan fingerprint density at radius 3 is 2.63 bits per heavy atom.